The van der Waals surface area contributed by atoms with Crippen molar-refractivity contribution in [3.05, 3.63) is 38.2 Å². The molecule has 1 aromatic carbocycles. The molecule has 0 aliphatic carbocycles. The van der Waals surface area contributed by atoms with Gasteiger partial charge in [-0.2, -0.15) is 4.98 Å². The Balaban J connectivity index is 1.90. The molecule has 0 saturated carbocycles. The summed E-state index contributed by atoms with van der Waals surface area (Å²) >= 11 is 1.25. The summed E-state index contributed by atoms with van der Waals surface area (Å²) in [5.41, 5.74) is 0.296. The largest absolute Gasteiger partial charge is 0.345 e. The van der Waals surface area contributed by atoms with Crippen LogP contribution in [0.15, 0.2) is 16.9 Å². The minimum atomic E-state index is -0.417. The van der Waals surface area contributed by atoms with Crippen molar-refractivity contribution in [1.82, 2.24) is 9.88 Å². The van der Waals surface area contributed by atoms with Crippen molar-refractivity contribution < 1.29 is 4.92 Å². The first kappa shape index (κ1) is 18.7. The standard InChI is InChI=1S/C18H24N4O3S/c1-4-5-13(3)20-6-8-21(9-7-20)18-19-17(23)14-10-12(2)11-15(22(24)25)16(14)26-18/h10-11,13H,4-9H2,1-3H3. The van der Waals surface area contributed by atoms with Crippen molar-refractivity contribution >= 4 is 32.2 Å². The highest BCUT2D eigenvalue weighted by Crippen LogP contribution is 2.33. The number of nitro groups is 1. The lowest BCUT2D eigenvalue weighted by Crippen LogP contribution is -2.49. The molecule has 1 aliphatic heterocycles. The second-order valence-corrected chi connectivity index (χ2v) is 7.86. The number of piperazine rings is 1. The minimum Gasteiger partial charge on any atom is -0.345 e. The van der Waals surface area contributed by atoms with E-state index in [1.807, 2.05) is 0 Å². The molecule has 0 bridgehead atoms. The SMILES string of the molecule is CCCC(C)N1CCN(c2nc(=O)c3cc(C)cc([N+](=O)[O-])c3s2)CC1. The number of rotatable bonds is 5. The molecule has 26 heavy (non-hydrogen) atoms. The first-order valence-electron chi connectivity index (χ1n) is 8.99. The van der Waals surface area contributed by atoms with Crippen molar-refractivity contribution in [2.75, 3.05) is 31.1 Å². The third-order valence-electron chi connectivity index (χ3n) is 4.95. The van der Waals surface area contributed by atoms with Crippen molar-refractivity contribution in [1.29, 1.82) is 0 Å². The number of non-ortho nitro benzene ring substituents is 1. The maximum Gasteiger partial charge on any atom is 0.287 e. The lowest BCUT2D eigenvalue weighted by atomic mass is 10.1. The van der Waals surface area contributed by atoms with Crippen LogP contribution in [-0.2, 0) is 0 Å². The van der Waals surface area contributed by atoms with Gasteiger partial charge in [0.25, 0.3) is 11.2 Å². The zero-order valence-electron chi connectivity index (χ0n) is 15.4. The molecule has 140 valence electrons. The van der Waals surface area contributed by atoms with Crippen LogP contribution in [-0.4, -0.2) is 47.0 Å². The molecule has 0 spiro atoms. The molecule has 1 atom stereocenters. The van der Waals surface area contributed by atoms with Gasteiger partial charge in [0.2, 0.25) is 0 Å². The molecule has 1 saturated heterocycles. The molecule has 2 heterocycles. The Kier molecular flexibility index (Phi) is 5.52. The first-order chi connectivity index (χ1) is 12.4. The van der Waals surface area contributed by atoms with Crippen molar-refractivity contribution in [3.8, 4) is 0 Å². The topological polar surface area (TPSA) is 79.6 Å². The fraction of sp³-hybridized carbons (Fsp3) is 0.556. The number of anilines is 1. The zero-order valence-corrected chi connectivity index (χ0v) is 16.2. The summed E-state index contributed by atoms with van der Waals surface area (Å²) in [6.45, 7) is 9.58. The van der Waals surface area contributed by atoms with Crippen LogP contribution < -0.4 is 10.5 Å². The Morgan fingerprint density at radius 1 is 1.31 bits per heavy atom. The Bertz CT molecular complexity index is 875. The average molecular weight is 376 g/mol. The third-order valence-corrected chi connectivity index (χ3v) is 6.11. The number of hydrogen-bond donors (Lipinski definition) is 0. The van der Waals surface area contributed by atoms with Gasteiger partial charge < -0.3 is 4.90 Å². The summed E-state index contributed by atoms with van der Waals surface area (Å²) in [4.78, 5) is 32.2. The number of benzene rings is 1. The minimum absolute atomic E-state index is 0.0130. The normalized spacial score (nSPS) is 16.8. The second-order valence-electron chi connectivity index (χ2n) is 6.88. The lowest BCUT2D eigenvalue weighted by molar-refractivity contribution is -0.382. The highest BCUT2D eigenvalue weighted by Gasteiger charge is 2.24. The van der Waals surface area contributed by atoms with Crippen LogP contribution >= 0.6 is 11.3 Å². The lowest BCUT2D eigenvalue weighted by Gasteiger charge is -2.38. The maximum absolute atomic E-state index is 12.5. The highest BCUT2D eigenvalue weighted by molar-refractivity contribution is 7.22. The Morgan fingerprint density at radius 2 is 2.00 bits per heavy atom. The predicted octanol–water partition coefficient (Wildman–Crippen LogP) is 3.18. The fourth-order valence-electron chi connectivity index (χ4n) is 3.51. The van der Waals surface area contributed by atoms with E-state index in [4.69, 9.17) is 0 Å². The van der Waals surface area contributed by atoms with Gasteiger partial charge in [-0.05, 0) is 31.9 Å². The van der Waals surface area contributed by atoms with Crippen LogP contribution in [0.3, 0.4) is 0 Å². The summed E-state index contributed by atoms with van der Waals surface area (Å²) < 4.78 is 0.414. The van der Waals surface area contributed by atoms with Gasteiger partial charge >= 0.3 is 0 Å². The summed E-state index contributed by atoms with van der Waals surface area (Å²) in [7, 11) is 0. The molecule has 0 N–H and O–H groups in total. The van der Waals surface area contributed by atoms with E-state index in [1.54, 1.807) is 13.0 Å². The number of aromatic nitrogens is 1. The third kappa shape index (κ3) is 3.71. The molecular formula is C18H24N4O3S. The van der Waals surface area contributed by atoms with E-state index in [1.165, 1.54) is 23.8 Å². The number of nitrogens with zero attached hydrogens (tertiary/aromatic N) is 4. The predicted molar refractivity (Wildman–Crippen MR) is 105 cm³/mol. The monoisotopic (exact) mass is 376 g/mol. The maximum atomic E-state index is 12.5. The van der Waals surface area contributed by atoms with Crippen molar-refractivity contribution in [3.63, 3.8) is 0 Å². The molecule has 1 unspecified atom stereocenters. The van der Waals surface area contributed by atoms with Crippen molar-refractivity contribution in [2.24, 2.45) is 0 Å². The van der Waals surface area contributed by atoms with E-state index in [2.05, 4.69) is 28.6 Å². The van der Waals surface area contributed by atoms with E-state index in [9.17, 15) is 14.9 Å². The number of aryl methyl sites for hydroxylation is 1. The Hall–Kier alpha value is -2.06. The van der Waals surface area contributed by atoms with Crippen LogP contribution in [0.1, 0.15) is 32.3 Å². The average Bonchev–Trinajstić information content (AvgIpc) is 2.62. The van der Waals surface area contributed by atoms with Gasteiger partial charge in [0.05, 0.1) is 10.3 Å². The van der Waals surface area contributed by atoms with Crippen LogP contribution in [0.5, 0.6) is 0 Å². The molecule has 3 rings (SSSR count). The van der Waals surface area contributed by atoms with Gasteiger partial charge in [0, 0.05) is 38.3 Å². The number of nitro benzene ring substituents is 1. The Labute approximate surface area is 156 Å². The smallest absolute Gasteiger partial charge is 0.287 e. The summed E-state index contributed by atoms with van der Waals surface area (Å²) in [6, 6.07) is 3.75. The fourth-order valence-corrected chi connectivity index (χ4v) is 4.62. The van der Waals surface area contributed by atoms with E-state index in [0.717, 1.165) is 32.6 Å². The molecule has 0 radical (unpaired) electrons. The molecule has 8 heteroatoms. The first-order valence-corrected chi connectivity index (χ1v) is 9.81. The molecule has 0 amide bonds. The van der Waals surface area contributed by atoms with E-state index in [0.29, 0.717) is 26.8 Å². The molecular weight excluding hydrogens is 352 g/mol. The molecule has 7 nitrogen and oxygen atoms in total. The van der Waals surface area contributed by atoms with Gasteiger partial charge in [0.15, 0.2) is 5.13 Å². The van der Waals surface area contributed by atoms with Crippen LogP contribution in [0.25, 0.3) is 10.1 Å². The van der Waals surface area contributed by atoms with Gasteiger partial charge in [-0.15, -0.1) is 0 Å². The molecule has 2 aromatic rings. The molecule has 1 aliphatic rings. The summed E-state index contributed by atoms with van der Waals surface area (Å²) in [6.07, 6.45) is 2.34. The van der Waals surface area contributed by atoms with Gasteiger partial charge in [-0.25, -0.2) is 0 Å². The molecule has 1 fully saturated rings. The Morgan fingerprint density at radius 3 is 2.62 bits per heavy atom. The quantitative estimate of drug-likeness (QED) is 0.589. The van der Waals surface area contributed by atoms with Crippen LogP contribution in [0, 0.1) is 17.0 Å². The zero-order chi connectivity index (χ0) is 18.8. The van der Waals surface area contributed by atoms with E-state index in [-0.39, 0.29) is 11.2 Å². The highest BCUT2D eigenvalue weighted by atomic mass is 32.1. The van der Waals surface area contributed by atoms with Gasteiger partial charge in [-0.1, -0.05) is 24.7 Å². The van der Waals surface area contributed by atoms with Crippen LogP contribution in [0.2, 0.25) is 0 Å². The van der Waals surface area contributed by atoms with E-state index < -0.39 is 4.92 Å². The van der Waals surface area contributed by atoms with Gasteiger partial charge in [0.1, 0.15) is 4.70 Å². The van der Waals surface area contributed by atoms with Gasteiger partial charge in [-0.3, -0.25) is 19.8 Å². The van der Waals surface area contributed by atoms with Crippen molar-refractivity contribution in [2.45, 2.75) is 39.7 Å². The summed E-state index contributed by atoms with van der Waals surface area (Å²) in [5, 5.41) is 12.3. The summed E-state index contributed by atoms with van der Waals surface area (Å²) in [5.74, 6) is 0. The molecule has 1 aromatic heterocycles. The number of hydrogen-bond acceptors (Lipinski definition) is 7. The van der Waals surface area contributed by atoms with E-state index >= 15 is 0 Å². The van der Waals surface area contributed by atoms with Crippen LogP contribution in [0.4, 0.5) is 10.8 Å². The number of fused-ring (bicyclic) bond motifs is 1. The second kappa shape index (κ2) is 7.67.